The molecule has 0 radical (unpaired) electrons. The molecule has 3 heterocycles. The molecule has 3 aliphatic rings. The first-order valence-corrected chi connectivity index (χ1v) is 8.61. The largest absolute Gasteiger partial charge is 0.479 e. The Bertz CT molecular complexity index is 641. The highest BCUT2D eigenvalue weighted by atomic mass is 16.8. The number of rotatable bonds is 4. The van der Waals surface area contributed by atoms with Crippen molar-refractivity contribution in [3.05, 3.63) is 0 Å². The van der Waals surface area contributed by atoms with Crippen LogP contribution in [-0.2, 0) is 33.3 Å². The van der Waals surface area contributed by atoms with Crippen LogP contribution in [0, 0.1) is 0 Å². The van der Waals surface area contributed by atoms with Crippen LogP contribution in [0.4, 0.5) is 0 Å². The Kier molecular flexibility index (Phi) is 6.13. The third kappa shape index (κ3) is 3.96. The van der Waals surface area contributed by atoms with Crippen molar-refractivity contribution in [1.29, 1.82) is 0 Å². The summed E-state index contributed by atoms with van der Waals surface area (Å²) < 4.78 is 25.7. The monoisotopic (exact) mass is 426 g/mol. The Balaban J connectivity index is 1.75. The average molecular weight is 426 g/mol. The van der Waals surface area contributed by atoms with Crippen LogP contribution in [-0.4, -0.2) is 121 Å². The lowest BCUT2D eigenvalue weighted by atomic mass is 9.96. The van der Waals surface area contributed by atoms with Gasteiger partial charge in [0.25, 0.3) is 5.79 Å². The molecule has 3 saturated heterocycles. The first kappa shape index (κ1) is 22.2. The van der Waals surface area contributed by atoms with Crippen molar-refractivity contribution >= 4 is 11.9 Å². The van der Waals surface area contributed by atoms with Crippen molar-refractivity contribution in [2.75, 3.05) is 6.61 Å². The number of carboxylic acid groups (broad SMARTS) is 2. The van der Waals surface area contributed by atoms with Gasteiger partial charge in [0, 0.05) is 6.92 Å². The summed E-state index contributed by atoms with van der Waals surface area (Å²) in [6.07, 6.45) is -17.3. The van der Waals surface area contributed by atoms with Gasteiger partial charge in [-0.1, -0.05) is 0 Å². The average Bonchev–Trinajstić information content (AvgIpc) is 2.66. The van der Waals surface area contributed by atoms with Crippen molar-refractivity contribution in [2.24, 2.45) is 0 Å². The molecule has 0 bridgehead atoms. The Morgan fingerprint density at radius 3 is 2.21 bits per heavy atom. The van der Waals surface area contributed by atoms with Crippen LogP contribution >= 0.6 is 0 Å². The molecule has 7 N–H and O–H groups in total. The molecule has 0 aromatic rings. The standard InChI is InChI=1S/C15H22O14/c1-15(14(23)24)25-2-3-8(29-15)5(17)7(19)13(26-3)28-9-4(16)6(18)12(22)27-10(9)11(20)21/h3-10,12-13,16-19,22H,2H2,1H3,(H,20,21)(H,23,24)/t3-,4-,5-,6-,7+,8-,9+,10+,12?,13+,15+/m1/s1. The van der Waals surface area contributed by atoms with Gasteiger partial charge >= 0.3 is 11.9 Å². The second-order valence-corrected chi connectivity index (χ2v) is 7.04. The highest BCUT2D eigenvalue weighted by molar-refractivity contribution is 5.75. The summed E-state index contributed by atoms with van der Waals surface area (Å²) in [4.78, 5) is 22.6. The van der Waals surface area contributed by atoms with E-state index >= 15 is 0 Å². The van der Waals surface area contributed by atoms with Gasteiger partial charge < -0.3 is 59.4 Å². The van der Waals surface area contributed by atoms with E-state index in [9.17, 15) is 40.2 Å². The third-order valence-corrected chi connectivity index (χ3v) is 5.01. The maximum absolute atomic E-state index is 11.4. The van der Waals surface area contributed by atoms with E-state index < -0.39 is 79.1 Å². The molecule has 14 nitrogen and oxygen atoms in total. The van der Waals surface area contributed by atoms with Gasteiger partial charge in [-0.2, -0.15) is 0 Å². The zero-order chi connectivity index (χ0) is 21.7. The molecule has 1 unspecified atom stereocenters. The number of hydrogen-bond acceptors (Lipinski definition) is 12. The predicted molar refractivity (Wildman–Crippen MR) is 82.9 cm³/mol. The second kappa shape index (κ2) is 7.99. The molecular formula is C15H22O14. The van der Waals surface area contributed by atoms with E-state index in [0.29, 0.717) is 0 Å². The van der Waals surface area contributed by atoms with Gasteiger partial charge in [-0.3, -0.25) is 0 Å². The van der Waals surface area contributed by atoms with E-state index in [0.717, 1.165) is 6.92 Å². The minimum absolute atomic E-state index is 0.371. The van der Waals surface area contributed by atoms with E-state index in [1.165, 1.54) is 0 Å². The summed E-state index contributed by atoms with van der Waals surface area (Å²) in [5.41, 5.74) is 0. The molecule has 0 saturated carbocycles. The smallest absolute Gasteiger partial charge is 0.364 e. The molecule has 0 amide bonds. The van der Waals surface area contributed by atoms with Gasteiger partial charge in [-0.05, 0) is 0 Å². The first-order valence-electron chi connectivity index (χ1n) is 8.61. The van der Waals surface area contributed by atoms with Gasteiger partial charge in [0.05, 0.1) is 6.61 Å². The number of aliphatic hydroxyl groups is 5. The Morgan fingerprint density at radius 2 is 1.62 bits per heavy atom. The van der Waals surface area contributed by atoms with Gasteiger partial charge in [0.2, 0.25) is 0 Å². The molecule has 0 spiro atoms. The van der Waals surface area contributed by atoms with Gasteiger partial charge in [-0.25, -0.2) is 9.59 Å². The van der Waals surface area contributed by atoms with E-state index in [2.05, 4.69) is 0 Å². The molecule has 3 rings (SSSR count). The van der Waals surface area contributed by atoms with Gasteiger partial charge in [-0.15, -0.1) is 0 Å². The quantitative estimate of drug-likeness (QED) is 0.225. The number of hydrogen-bond donors (Lipinski definition) is 7. The lowest BCUT2D eigenvalue weighted by Crippen LogP contribution is -2.68. The Morgan fingerprint density at radius 1 is 0.966 bits per heavy atom. The van der Waals surface area contributed by atoms with Crippen molar-refractivity contribution in [2.45, 2.75) is 74.1 Å². The second-order valence-electron chi connectivity index (χ2n) is 7.04. The van der Waals surface area contributed by atoms with E-state index in [4.69, 9.17) is 28.8 Å². The SMILES string of the molecule is C[C@]1(C(=O)O)OC[C@H]2O[C@@H](O[C@H]3[C@H](O)[C@@H](O)C(O)O[C@@H]3C(=O)O)[C@@H](O)[C@@H](O)[C@@H]2O1. The van der Waals surface area contributed by atoms with E-state index in [-0.39, 0.29) is 6.61 Å². The number of carboxylic acids is 2. The summed E-state index contributed by atoms with van der Waals surface area (Å²) in [6, 6.07) is 0. The zero-order valence-corrected chi connectivity index (χ0v) is 15.0. The van der Waals surface area contributed by atoms with Gasteiger partial charge in [0.15, 0.2) is 18.7 Å². The highest BCUT2D eigenvalue weighted by Crippen LogP contribution is 2.34. The summed E-state index contributed by atoms with van der Waals surface area (Å²) in [5, 5.41) is 68.3. The van der Waals surface area contributed by atoms with Crippen LogP contribution in [0.25, 0.3) is 0 Å². The molecule has 0 aromatic carbocycles. The fraction of sp³-hybridized carbons (Fsp3) is 0.867. The van der Waals surface area contributed by atoms with Crippen molar-refractivity contribution < 1.29 is 69.0 Å². The van der Waals surface area contributed by atoms with Crippen LogP contribution < -0.4 is 0 Å². The van der Waals surface area contributed by atoms with Crippen LogP contribution in [0.3, 0.4) is 0 Å². The Hall–Kier alpha value is -1.46. The minimum atomic E-state index is -2.08. The summed E-state index contributed by atoms with van der Waals surface area (Å²) in [5.74, 6) is -5.18. The third-order valence-electron chi connectivity index (χ3n) is 5.01. The van der Waals surface area contributed by atoms with Gasteiger partial charge in [0.1, 0.15) is 42.7 Å². The van der Waals surface area contributed by atoms with Crippen molar-refractivity contribution in [3.8, 4) is 0 Å². The fourth-order valence-electron chi connectivity index (χ4n) is 3.30. The molecule has 0 aromatic heterocycles. The first-order chi connectivity index (χ1) is 13.5. The predicted octanol–water partition coefficient (Wildman–Crippen LogP) is -4.44. The number of ether oxygens (including phenoxy) is 5. The number of fused-ring (bicyclic) bond motifs is 1. The summed E-state index contributed by atoms with van der Waals surface area (Å²) in [6.45, 7) is 0.734. The molecule has 11 atom stereocenters. The molecule has 3 aliphatic heterocycles. The molecule has 0 aliphatic carbocycles. The maximum Gasteiger partial charge on any atom is 0.364 e. The van der Waals surface area contributed by atoms with E-state index in [1.54, 1.807) is 0 Å². The highest BCUT2D eigenvalue weighted by Gasteiger charge is 2.56. The molecule has 3 fully saturated rings. The van der Waals surface area contributed by atoms with Crippen molar-refractivity contribution in [3.63, 3.8) is 0 Å². The van der Waals surface area contributed by atoms with Crippen LogP contribution in [0.2, 0.25) is 0 Å². The van der Waals surface area contributed by atoms with Crippen LogP contribution in [0.1, 0.15) is 6.92 Å². The lowest BCUT2D eigenvalue weighted by molar-refractivity contribution is -0.393. The summed E-state index contributed by atoms with van der Waals surface area (Å²) >= 11 is 0. The normalized spacial score (nSPS) is 50.6. The molecule has 14 heteroatoms. The van der Waals surface area contributed by atoms with Crippen LogP contribution in [0.15, 0.2) is 0 Å². The number of aliphatic carboxylic acids is 2. The number of aliphatic hydroxyl groups excluding tert-OH is 5. The van der Waals surface area contributed by atoms with E-state index in [1.807, 2.05) is 0 Å². The lowest BCUT2D eigenvalue weighted by Gasteiger charge is -2.49. The number of carbonyl (C=O) groups is 2. The fourth-order valence-corrected chi connectivity index (χ4v) is 3.30. The molecule has 166 valence electrons. The summed E-state index contributed by atoms with van der Waals surface area (Å²) in [7, 11) is 0. The topological polar surface area (TPSA) is 222 Å². The maximum atomic E-state index is 11.4. The Labute approximate surface area is 162 Å². The van der Waals surface area contributed by atoms with Crippen LogP contribution in [0.5, 0.6) is 0 Å². The molecular weight excluding hydrogens is 404 g/mol. The minimum Gasteiger partial charge on any atom is -0.479 e. The zero-order valence-electron chi connectivity index (χ0n) is 15.0. The van der Waals surface area contributed by atoms with Crippen molar-refractivity contribution in [1.82, 2.24) is 0 Å². The molecule has 29 heavy (non-hydrogen) atoms.